The van der Waals surface area contributed by atoms with Crippen molar-refractivity contribution in [2.75, 3.05) is 11.5 Å². The Morgan fingerprint density at radius 3 is 2.19 bits per heavy atom. The minimum absolute atomic E-state index is 0.0310. The molecule has 16 heavy (non-hydrogen) atoms. The molecule has 96 valence electrons. The zero-order chi connectivity index (χ0) is 12.9. The van der Waals surface area contributed by atoms with Crippen LogP contribution in [0.5, 0.6) is 0 Å². The molecule has 7 heteroatoms. The van der Waals surface area contributed by atoms with E-state index < -0.39 is 34.6 Å². The Labute approximate surface area is 94.5 Å². The van der Waals surface area contributed by atoms with E-state index in [0.717, 1.165) is 0 Å². The molecule has 0 fully saturated rings. The first-order valence-electron chi connectivity index (χ1n) is 4.83. The third kappa shape index (κ3) is 5.48. The fraction of sp³-hybridized carbons (Fsp3) is 0.889. The number of carboxylic acid groups (broad SMARTS) is 1. The molecule has 0 aromatic heterocycles. The van der Waals surface area contributed by atoms with Gasteiger partial charge < -0.3 is 5.11 Å². The lowest BCUT2D eigenvalue weighted by Crippen LogP contribution is -2.35. The minimum atomic E-state index is -4.84. The summed E-state index contributed by atoms with van der Waals surface area (Å²) in [6.45, 7) is 3.60. The van der Waals surface area contributed by atoms with Gasteiger partial charge in [0.15, 0.2) is 5.92 Å². The van der Waals surface area contributed by atoms with Crippen molar-refractivity contribution in [1.82, 2.24) is 0 Å². The number of aliphatic carboxylic acids is 1. The summed E-state index contributed by atoms with van der Waals surface area (Å²) in [6, 6.07) is 0. The van der Waals surface area contributed by atoms with Gasteiger partial charge in [0, 0.05) is 22.3 Å². The zero-order valence-corrected chi connectivity index (χ0v) is 9.90. The van der Waals surface area contributed by atoms with Crippen molar-refractivity contribution in [3.8, 4) is 0 Å². The second-order valence-corrected chi connectivity index (χ2v) is 5.27. The average Bonchev–Trinajstić information content (AvgIpc) is 2.11. The lowest BCUT2D eigenvalue weighted by Gasteiger charge is -2.16. The Hall–Kier alpha value is -0.590. The lowest BCUT2D eigenvalue weighted by molar-refractivity contribution is -0.188. The van der Waals surface area contributed by atoms with Crippen LogP contribution in [0.1, 0.15) is 20.3 Å². The maximum atomic E-state index is 12.2. The maximum absolute atomic E-state index is 12.2. The molecule has 0 saturated heterocycles. The van der Waals surface area contributed by atoms with Gasteiger partial charge in [-0.2, -0.15) is 13.2 Å². The van der Waals surface area contributed by atoms with E-state index >= 15 is 0 Å². The molecule has 0 aromatic carbocycles. The molecule has 3 atom stereocenters. The molecule has 0 radical (unpaired) electrons. The molecular formula is C9H15F3O3S. The van der Waals surface area contributed by atoms with Crippen LogP contribution in [0.15, 0.2) is 0 Å². The highest BCUT2D eigenvalue weighted by molar-refractivity contribution is 7.85. The van der Waals surface area contributed by atoms with Crippen molar-refractivity contribution in [3.63, 3.8) is 0 Å². The number of alkyl halides is 3. The number of halogens is 3. The number of rotatable bonds is 6. The SMILES string of the molecule is CCC(C)CS(=O)CC(C(=O)O)C(F)(F)F. The van der Waals surface area contributed by atoms with E-state index in [1.54, 1.807) is 6.92 Å². The normalized spacial score (nSPS) is 17.8. The monoisotopic (exact) mass is 260 g/mol. The van der Waals surface area contributed by atoms with E-state index in [4.69, 9.17) is 5.11 Å². The summed E-state index contributed by atoms with van der Waals surface area (Å²) in [5.41, 5.74) is 0. The third-order valence-electron chi connectivity index (χ3n) is 2.21. The lowest BCUT2D eigenvalue weighted by atomic mass is 10.2. The maximum Gasteiger partial charge on any atom is 0.403 e. The van der Waals surface area contributed by atoms with Gasteiger partial charge in [0.2, 0.25) is 0 Å². The minimum Gasteiger partial charge on any atom is -0.481 e. The van der Waals surface area contributed by atoms with E-state index in [-0.39, 0.29) is 11.7 Å². The predicted molar refractivity (Wildman–Crippen MR) is 54.5 cm³/mol. The van der Waals surface area contributed by atoms with Gasteiger partial charge in [0.1, 0.15) is 0 Å². The van der Waals surface area contributed by atoms with Crippen LogP contribution in [-0.2, 0) is 15.6 Å². The average molecular weight is 260 g/mol. The molecule has 0 aliphatic heterocycles. The zero-order valence-electron chi connectivity index (χ0n) is 9.08. The van der Waals surface area contributed by atoms with Gasteiger partial charge in [0.05, 0.1) is 0 Å². The van der Waals surface area contributed by atoms with Crippen LogP contribution in [0.3, 0.4) is 0 Å². The highest BCUT2D eigenvalue weighted by Crippen LogP contribution is 2.27. The second-order valence-electron chi connectivity index (χ2n) is 3.72. The molecule has 0 rings (SSSR count). The van der Waals surface area contributed by atoms with Crippen molar-refractivity contribution in [2.24, 2.45) is 11.8 Å². The molecule has 1 N–H and O–H groups in total. The van der Waals surface area contributed by atoms with Crippen molar-refractivity contribution in [3.05, 3.63) is 0 Å². The Morgan fingerprint density at radius 2 is 1.88 bits per heavy atom. The van der Waals surface area contributed by atoms with Gasteiger partial charge >= 0.3 is 12.1 Å². The third-order valence-corrected chi connectivity index (χ3v) is 3.86. The van der Waals surface area contributed by atoms with Crippen molar-refractivity contribution < 1.29 is 27.3 Å². The summed E-state index contributed by atoms with van der Waals surface area (Å²) in [5, 5.41) is 8.39. The summed E-state index contributed by atoms with van der Waals surface area (Å²) in [5.74, 6) is -5.22. The quantitative estimate of drug-likeness (QED) is 0.795. The van der Waals surface area contributed by atoms with Gasteiger partial charge in [-0.25, -0.2) is 0 Å². The van der Waals surface area contributed by atoms with Crippen LogP contribution in [0.25, 0.3) is 0 Å². The molecular weight excluding hydrogens is 245 g/mol. The molecule has 0 spiro atoms. The predicted octanol–water partition coefficient (Wildman–Crippen LogP) is 2.04. The number of carboxylic acids is 1. The Kier molecular flexibility index (Phi) is 5.99. The van der Waals surface area contributed by atoms with Gasteiger partial charge in [0.25, 0.3) is 0 Å². The van der Waals surface area contributed by atoms with Crippen LogP contribution < -0.4 is 0 Å². The molecule has 0 aromatic rings. The molecule has 0 bridgehead atoms. The Bertz CT molecular complexity index is 265. The van der Waals surface area contributed by atoms with Crippen molar-refractivity contribution >= 4 is 16.8 Å². The molecule has 0 amide bonds. The first-order valence-corrected chi connectivity index (χ1v) is 6.31. The van der Waals surface area contributed by atoms with Gasteiger partial charge in [-0.05, 0) is 5.92 Å². The van der Waals surface area contributed by atoms with E-state index in [2.05, 4.69) is 0 Å². The molecule has 0 aliphatic carbocycles. The van der Waals surface area contributed by atoms with Crippen LogP contribution in [0.4, 0.5) is 13.2 Å². The fourth-order valence-corrected chi connectivity index (χ4v) is 2.70. The first kappa shape index (κ1) is 15.4. The van der Waals surface area contributed by atoms with Gasteiger partial charge in [-0.1, -0.05) is 20.3 Å². The first-order chi connectivity index (χ1) is 7.18. The number of hydrogen-bond acceptors (Lipinski definition) is 2. The van der Waals surface area contributed by atoms with Crippen LogP contribution in [-0.4, -0.2) is 33.0 Å². The summed E-state index contributed by atoms with van der Waals surface area (Å²) in [7, 11) is -1.75. The van der Waals surface area contributed by atoms with Crippen LogP contribution in [0, 0.1) is 11.8 Å². The summed E-state index contributed by atoms with van der Waals surface area (Å²) in [6.07, 6.45) is -4.13. The molecule has 3 nitrogen and oxygen atoms in total. The highest BCUT2D eigenvalue weighted by Gasteiger charge is 2.45. The highest BCUT2D eigenvalue weighted by atomic mass is 32.2. The Morgan fingerprint density at radius 1 is 1.38 bits per heavy atom. The van der Waals surface area contributed by atoms with E-state index in [1.807, 2.05) is 6.92 Å². The smallest absolute Gasteiger partial charge is 0.403 e. The van der Waals surface area contributed by atoms with Gasteiger partial charge in [-0.15, -0.1) is 0 Å². The van der Waals surface area contributed by atoms with Crippen molar-refractivity contribution in [2.45, 2.75) is 26.4 Å². The van der Waals surface area contributed by atoms with Crippen LogP contribution >= 0.6 is 0 Å². The molecule has 3 unspecified atom stereocenters. The van der Waals surface area contributed by atoms with Gasteiger partial charge in [-0.3, -0.25) is 9.00 Å². The summed E-state index contributed by atoms with van der Waals surface area (Å²) in [4.78, 5) is 10.4. The fourth-order valence-electron chi connectivity index (χ4n) is 0.995. The van der Waals surface area contributed by atoms with Crippen LogP contribution in [0.2, 0.25) is 0 Å². The summed E-state index contributed by atoms with van der Waals surface area (Å²) < 4.78 is 48.0. The topological polar surface area (TPSA) is 54.4 Å². The second kappa shape index (κ2) is 6.22. The van der Waals surface area contributed by atoms with E-state index in [0.29, 0.717) is 6.42 Å². The van der Waals surface area contributed by atoms with E-state index in [1.165, 1.54) is 0 Å². The van der Waals surface area contributed by atoms with E-state index in [9.17, 15) is 22.2 Å². The molecule has 0 saturated carbocycles. The number of carbonyl (C=O) groups is 1. The summed E-state index contributed by atoms with van der Waals surface area (Å²) >= 11 is 0. The molecule has 0 aliphatic rings. The van der Waals surface area contributed by atoms with Crippen molar-refractivity contribution in [1.29, 1.82) is 0 Å². The standard InChI is InChI=1S/C9H15F3O3S/c1-3-6(2)4-16(15)5-7(8(13)14)9(10,11)12/h6-7H,3-5H2,1-2H3,(H,13,14). The Balaban J connectivity index is 4.43. The molecule has 0 heterocycles. The largest absolute Gasteiger partial charge is 0.481 e. The number of hydrogen-bond donors (Lipinski definition) is 1.